The molecule has 1 aromatic heterocycles. The first-order chi connectivity index (χ1) is 10.5. The van der Waals surface area contributed by atoms with Crippen molar-refractivity contribution in [3.8, 4) is 0 Å². The van der Waals surface area contributed by atoms with Gasteiger partial charge in [0, 0.05) is 19.0 Å². The van der Waals surface area contributed by atoms with Crippen LogP contribution in [-0.2, 0) is 0 Å². The molecule has 0 aliphatic carbocycles. The van der Waals surface area contributed by atoms with E-state index in [-0.39, 0.29) is 5.69 Å². The Labute approximate surface area is 128 Å². The Bertz CT molecular complexity index is 722. The van der Waals surface area contributed by atoms with Crippen LogP contribution in [0.15, 0.2) is 33.5 Å². The summed E-state index contributed by atoms with van der Waals surface area (Å²) in [5, 5.41) is 9.00. The number of benzene rings is 1. The largest absolute Gasteiger partial charge is 0.421 e. The van der Waals surface area contributed by atoms with Crippen molar-refractivity contribution in [3.05, 3.63) is 34.7 Å². The fourth-order valence-corrected chi connectivity index (χ4v) is 2.16. The average molecular weight is 303 g/mol. The minimum atomic E-state index is -0.581. The second kappa shape index (κ2) is 6.98. The van der Waals surface area contributed by atoms with Gasteiger partial charge in [-0.15, -0.1) is 0 Å². The van der Waals surface area contributed by atoms with Crippen LogP contribution < -0.4 is 21.6 Å². The average Bonchev–Trinajstić information content (AvgIpc) is 2.47. The highest BCUT2D eigenvalue weighted by molar-refractivity contribution is 6.01. The fourth-order valence-electron chi connectivity index (χ4n) is 2.16. The van der Waals surface area contributed by atoms with Gasteiger partial charge >= 0.3 is 11.7 Å². The molecule has 3 N–H and O–H groups in total. The van der Waals surface area contributed by atoms with E-state index in [0.717, 1.165) is 11.8 Å². The van der Waals surface area contributed by atoms with Crippen molar-refractivity contribution in [2.45, 2.75) is 20.3 Å². The lowest BCUT2D eigenvalue weighted by Gasteiger charge is -2.13. The molecule has 1 aromatic carbocycles. The number of amides is 2. The monoisotopic (exact) mass is 303 g/mol. The van der Waals surface area contributed by atoms with E-state index in [2.05, 4.69) is 29.8 Å². The quantitative estimate of drug-likeness (QED) is 0.741. The van der Waals surface area contributed by atoms with Crippen molar-refractivity contribution in [1.29, 1.82) is 0 Å². The van der Waals surface area contributed by atoms with Crippen molar-refractivity contribution >= 4 is 28.4 Å². The van der Waals surface area contributed by atoms with Crippen molar-refractivity contribution in [3.63, 3.8) is 0 Å². The van der Waals surface area contributed by atoms with E-state index in [1.165, 1.54) is 0 Å². The molecule has 0 radical (unpaired) electrons. The summed E-state index contributed by atoms with van der Waals surface area (Å²) in [4.78, 5) is 24.0. The number of carbonyl (C=O) groups excluding carboxylic acids is 1. The van der Waals surface area contributed by atoms with Gasteiger partial charge in [-0.3, -0.25) is 5.32 Å². The molecular formula is C16H21N3O3. The van der Waals surface area contributed by atoms with Gasteiger partial charge in [0.1, 0.15) is 5.58 Å². The highest BCUT2D eigenvalue weighted by atomic mass is 16.4. The Balaban J connectivity index is 2.25. The van der Waals surface area contributed by atoms with Gasteiger partial charge in [-0.25, -0.2) is 9.59 Å². The molecule has 2 rings (SSSR count). The van der Waals surface area contributed by atoms with Gasteiger partial charge in [-0.05, 0) is 24.5 Å². The summed E-state index contributed by atoms with van der Waals surface area (Å²) in [6.07, 6.45) is 0.874. The topological polar surface area (TPSA) is 83.4 Å². The first-order valence-corrected chi connectivity index (χ1v) is 7.31. The standard InChI is InChI=1S/C16H21N3O3/c1-10(2)8-9-18-16(21)19-14-13(17-3)11-6-4-5-7-12(11)22-15(14)20/h4-7,10,17H,8-9H2,1-3H3,(H2,18,19,21). The van der Waals surface area contributed by atoms with E-state index >= 15 is 0 Å². The zero-order valence-corrected chi connectivity index (χ0v) is 13.0. The summed E-state index contributed by atoms with van der Waals surface area (Å²) in [7, 11) is 1.70. The Hall–Kier alpha value is -2.50. The maximum atomic E-state index is 12.1. The summed E-state index contributed by atoms with van der Waals surface area (Å²) < 4.78 is 5.24. The van der Waals surface area contributed by atoms with Crippen LogP contribution in [0.1, 0.15) is 20.3 Å². The van der Waals surface area contributed by atoms with Crippen molar-refractivity contribution in [2.24, 2.45) is 5.92 Å². The normalized spacial score (nSPS) is 10.7. The van der Waals surface area contributed by atoms with Gasteiger partial charge in [0.15, 0.2) is 5.69 Å². The second-order valence-corrected chi connectivity index (χ2v) is 5.45. The molecule has 6 nitrogen and oxygen atoms in total. The molecule has 2 amide bonds. The lowest BCUT2D eigenvalue weighted by atomic mass is 10.1. The van der Waals surface area contributed by atoms with Crippen LogP contribution in [0.2, 0.25) is 0 Å². The molecule has 0 spiro atoms. The summed E-state index contributed by atoms with van der Waals surface area (Å²) in [5.74, 6) is 0.499. The molecular weight excluding hydrogens is 282 g/mol. The third kappa shape index (κ3) is 3.58. The van der Waals surface area contributed by atoms with Crippen LogP contribution in [0.5, 0.6) is 0 Å². The number of nitrogens with one attached hydrogen (secondary N) is 3. The lowest BCUT2D eigenvalue weighted by molar-refractivity contribution is 0.251. The summed E-state index contributed by atoms with van der Waals surface area (Å²) in [6, 6.07) is 6.75. The molecule has 0 atom stereocenters. The Kier molecular flexibility index (Phi) is 5.04. The molecule has 118 valence electrons. The second-order valence-electron chi connectivity index (χ2n) is 5.45. The first-order valence-electron chi connectivity index (χ1n) is 7.31. The molecule has 0 saturated heterocycles. The third-order valence-electron chi connectivity index (χ3n) is 3.31. The highest BCUT2D eigenvalue weighted by Crippen LogP contribution is 2.27. The van der Waals surface area contributed by atoms with Crippen LogP contribution in [0.3, 0.4) is 0 Å². The minimum Gasteiger partial charge on any atom is -0.421 e. The van der Waals surface area contributed by atoms with Crippen LogP contribution in [0.25, 0.3) is 11.0 Å². The Morgan fingerprint density at radius 3 is 2.64 bits per heavy atom. The molecule has 0 fully saturated rings. The maximum Gasteiger partial charge on any atom is 0.362 e. The molecule has 0 aliphatic heterocycles. The van der Waals surface area contributed by atoms with Gasteiger partial charge < -0.3 is 15.1 Å². The van der Waals surface area contributed by atoms with Crippen molar-refractivity contribution in [2.75, 3.05) is 24.2 Å². The molecule has 1 heterocycles. The number of anilines is 2. The van der Waals surface area contributed by atoms with Gasteiger partial charge in [0.25, 0.3) is 0 Å². The smallest absolute Gasteiger partial charge is 0.362 e. The van der Waals surface area contributed by atoms with E-state index < -0.39 is 11.7 Å². The van der Waals surface area contributed by atoms with Crippen LogP contribution in [-0.4, -0.2) is 19.6 Å². The minimum absolute atomic E-state index is 0.114. The Morgan fingerprint density at radius 1 is 1.23 bits per heavy atom. The SMILES string of the molecule is CNc1c(NC(=O)NCCC(C)C)c(=O)oc2ccccc12. The highest BCUT2D eigenvalue weighted by Gasteiger charge is 2.15. The molecule has 6 heteroatoms. The summed E-state index contributed by atoms with van der Waals surface area (Å²) in [6.45, 7) is 4.71. The van der Waals surface area contributed by atoms with Crippen LogP contribution >= 0.6 is 0 Å². The van der Waals surface area contributed by atoms with Crippen LogP contribution in [0, 0.1) is 5.92 Å². The number of hydrogen-bond acceptors (Lipinski definition) is 4. The molecule has 0 aliphatic rings. The number of para-hydroxylation sites is 1. The van der Waals surface area contributed by atoms with Gasteiger partial charge in [0.05, 0.1) is 5.69 Å². The lowest BCUT2D eigenvalue weighted by Crippen LogP contribution is -2.32. The zero-order valence-electron chi connectivity index (χ0n) is 13.0. The summed E-state index contributed by atoms with van der Waals surface area (Å²) >= 11 is 0. The number of rotatable bonds is 5. The summed E-state index contributed by atoms with van der Waals surface area (Å²) in [5.41, 5.74) is 0.554. The van der Waals surface area contributed by atoms with Crippen molar-refractivity contribution in [1.82, 2.24) is 5.32 Å². The van der Waals surface area contributed by atoms with Crippen molar-refractivity contribution < 1.29 is 9.21 Å². The molecule has 22 heavy (non-hydrogen) atoms. The number of fused-ring (bicyclic) bond motifs is 1. The maximum absolute atomic E-state index is 12.1. The van der Waals surface area contributed by atoms with E-state index in [9.17, 15) is 9.59 Å². The molecule has 2 aromatic rings. The fraction of sp³-hybridized carbons (Fsp3) is 0.375. The molecule has 0 saturated carbocycles. The molecule has 0 bridgehead atoms. The zero-order chi connectivity index (χ0) is 16.1. The van der Waals surface area contributed by atoms with E-state index in [4.69, 9.17) is 4.42 Å². The van der Waals surface area contributed by atoms with E-state index in [1.807, 2.05) is 12.1 Å². The third-order valence-corrected chi connectivity index (χ3v) is 3.31. The predicted molar refractivity (Wildman–Crippen MR) is 88.5 cm³/mol. The van der Waals surface area contributed by atoms with E-state index in [1.54, 1.807) is 19.2 Å². The Morgan fingerprint density at radius 2 is 1.95 bits per heavy atom. The van der Waals surface area contributed by atoms with Crippen LogP contribution in [0.4, 0.5) is 16.2 Å². The van der Waals surface area contributed by atoms with Gasteiger partial charge in [0.2, 0.25) is 0 Å². The predicted octanol–water partition coefficient (Wildman–Crippen LogP) is 3.00. The van der Waals surface area contributed by atoms with Gasteiger partial charge in [-0.2, -0.15) is 0 Å². The van der Waals surface area contributed by atoms with Gasteiger partial charge in [-0.1, -0.05) is 26.0 Å². The number of carbonyl (C=O) groups is 1. The number of hydrogen-bond donors (Lipinski definition) is 3. The number of urea groups is 1. The molecule has 0 unspecified atom stereocenters. The first kappa shape index (κ1) is 15.9. The van der Waals surface area contributed by atoms with E-state index in [0.29, 0.717) is 23.7 Å².